The van der Waals surface area contributed by atoms with Crippen LogP contribution in [0.1, 0.15) is 19.8 Å². The second-order valence-electron chi connectivity index (χ2n) is 2.76. The van der Waals surface area contributed by atoms with E-state index in [2.05, 4.69) is 6.92 Å². The molecule has 0 aromatic rings. The summed E-state index contributed by atoms with van der Waals surface area (Å²) in [6, 6.07) is 0. The Morgan fingerprint density at radius 3 is 1.67 bits per heavy atom. The van der Waals surface area contributed by atoms with Crippen LogP contribution in [0.15, 0.2) is 0 Å². The summed E-state index contributed by atoms with van der Waals surface area (Å²) < 4.78 is 0. The lowest BCUT2D eigenvalue weighted by atomic mass is 10.0. The molecular weight excluding hydrogens is 72.1 g/mol. The fourth-order valence-corrected chi connectivity index (χ4v) is 1.71. The van der Waals surface area contributed by atoms with Crippen molar-refractivity contribution >= 4 is 0 Å². The van der Waals surface area contributed by atoms with Gasteiger partial charge in [0.1, 0.15) is 0 Å². The predicted octanol–water partition coefficient (Wildman–Crippen LogP) is 1.66. The lowest BCUT2D eigenvalue weighted by Crippen LogP contribution is -1.93. The number of hydrogen-bond acceptors (Lipinski definition) is 0. The predicted molar refractivity (Wildman–Crippen MR) is 25.4 cm³/mol. The highest BCUT2D eigenvalue weighted by atomic mass is 14.6. The second kappa shape index (κ2) is 0.661. The van der Waals surface area contributed by atoms with Crippen LogP contribution in [0.4, 0.5) is 0 Å². The topological polar surface area (TPSA) is 0 Å². The molecule has 0 aromatic carbocycles. The molecule has 0 nitrogen and oxygen atoms in total. The second-order valence-corrected chi connectivity index (χ2v) is 2.76. The normalized spacial score (nSPS) is 62.5. The zero-order valence-corrected chi connectivity index (χ0v) is 4.15. The van der Waals surface area contributed by atoms with E-state index in [-0.39, 0.29) is 0 Å². The Bertz CT molecular complexity index is 59.4. The van der Waals surface area contributed by atoms with Gasteiger partial charge < -0.3 is 0 Å². The zero-order valence-electron chi connectivity index (χ0n) is 4.15. The van der Waals surface area contributed by atoms with Gasteiger partial charge >= 0.3 is 0 Å². The lowest BCUT2D eigenvalue weighted by Gasteiger charge is -2.04. The Balaban J connectivity index is 2.11. The molecule has 0 saturated heterocycles. The van der Waals surface area contributed by atoms with Gasteiger partial charge in [-0.3, -0.25) is 0 Å². The zero-order chi connectivity index (χ0) is 4.15. The molecule has 2 rings (SSSR count). The van der Waals surface area contributed by atoms with Crippen LogP contribution in [-0.2, 0) is 0 Å². The molecule has 0 bridgehead atoms. The minimum absolute atomic E-state index is 1.13. The largest absolute Gasteiger partial charge is 0.0620 e. The van der Waals surface area contributed by atoms with Gasteiger partial charge in [-0.2, -0.15) is 0 Å². The van der Waals surface area contributed by atoms with Crippen LogP contribution in [0, 0.1) is 17.8 Å². The van der Waals surface area contributed by atoms with Gasteiger partial charge in [-0.15, -0.1) is 0 Å². The Morgan fingerprint density at radius 1 is 1.17 bits per heavy atom. The van der Waals surface area contributed by atoms with Crippen molar-refractivity contribution in [3.05, 3.63) is 0 Å². The third-order valence-electron chi connectivity index (χ3n) is 2.59. The van der Waals surface area contributed by atoms with Gasteiger partial charge in [0.2, 0.25) is 0 Å². The minimum atomic E-state index is 1.13. The van der Waals surface area contributed by atoms with E-state index in [0.29, 0.717) is 0 Å². The average Bonchev–Trinajstić information content (AvgIpc) is 1.63. The molecular formula is C6H10. The first kappa shape index (κ1) is 3.06. The Kier molecular flexibility index (Phi) is 0.337. The van der Waals surface area contributed by atoms with Crippen LogP contribution in [0.3, 0.4) is 0 Å². The fraction of sp³-hybridized carbons (Fsp3) is 1.00. The molecule has 0 amide bonds. The summed E-state index contributed by atoms with van der Waals surface area (Å²) in [4.78, 5) is 0. The summed E-state index contributed by atoms with van der Waals surface area (Å²) in [6.45, 7) is 2.38. The van der Waals surface area contributed by atoms with Gasteiger partial charge in [-0.1, -0.05) is 6.92 Å². The molecule has 0 aromatic heterocycles. The van der Waals surface area contributed by atoms with Crippen molar-refractivity contribution in [1.82, 2.24) is 0 Å². The van der Waals surface area contributed by atoms with Gasteiger partial charge in [0.15, 0.2) is 0 Å². The molecule has 0 spiro atoms. The Hall–Kier alpha value is 0. The number of fused-ring (bicyclic) bond motifs is 1. The number of rotatable bonds is 0. The summed E-state index contributed by atoms with van der Waals surface area (Å²) in [5.74, 6) is 3.53. The molecule has 2 unspecified atom stereocenters. The molecule has 0 N–H and O–H groups in total. The van der Waals surface area contributed by atoms with E-state index < -0.39 is 0 Å². The Labute approximate surface area is 38.6 Å². The minimum Gasteiger partial charge on any atom is -0.0620 e. The molecule has 2 atom stereocenters. The number of hydrogen-bond donors (Lipinski definition) is 0. The molecule has 2 saturated carbocycles. The third-order valence-corrected chi connectivity index (χ3v) is 2.59. The maximum atomic E-state index is 2.38. The standard InChI is InChI=1S/C6H10/c1-4-5-2-3-6(4)5/h4-6H,2-3H2,1H3. The Morgan fingerprint density at radius 2 is 1.67 bits per heavy atom. The van der Waals surface area contributed by atoms with Crippen LogP contribution in [0.5, 0.6) is 0 Å². The van der Waals surface area contributed by atoms with Crippen molar-refractivity contribution < 1.29 is 0 Å². The first-order valence-electron chi connectivity index (χ1n) is 2.89. The smallest absolute Gasteiger partial charge is 0.0355 e. The lowest BCUT2D eigenvalue weighted by molar-refractivity contribution is 0.468. The van der Waals surface area contributed by atoms with Crippen LogP contribution in [0.25, 0.3) is 0 Å². The fourth-order valence-electron chi connectivity index (χ4n) is 1.71. The first-order chi connectivity index (χ1) is 2.89. The molecule has 2 aliphatic rings. The van der Waals surface area contributed by atoms with Crippen molar-refractivity contribution in [2.45, 2.75) is 19.8 Å². The maximum Gasteiger partial charge on any atom is -0.0355 e. The van der Waals surface area contributed by atoms with Crippen molar-refractivity contribution in [3.63, 3.8) is 0 Å². The van der Waals surface area contributed by atoms with Crippen molar-refractivity contribution in [1.29, 1.82) is 0 Å². The van der Waals surface area contributed by atoms with E-state index >= 15 is 0 Å². The average molecular weight is 82.1 g/mol. The van der Waals surface area contributed by atoms with Crippen LogP contribution in [-0.4, -0.2) is 0 Å². The first-order valence-corrected chi connectivity index (χ1v) is 2.89. The SMILES string of the molecule is CC1C2CCC12. The van der Waals surface area contributed by atoms with E-state index in [0.717, 1.165) is 5.92 Å². The van der Waals surface area contributed by atoms with Gasteiger partial charge in [-0.25, -0.2) is 0 Å². The van der Waals surface area contributed by atoms with E-state index in [4.69, 9.17) is 0 Å². The monoisotopic (exact) mass is 82.1 g/mol. The van der Waals surface area contributed by atoms with Crippen LogP contribution < -0.4 is 0 Å². The molecule has 6 heavy (non-hydrogen) atoms. The summed E-state index contributed by atoms with van der Waals surface area (Å²) in [7, 11) is 0. The highest BCUT2D eigenvalue weighted by Gasteiger charge is 2.52. The quantitative estimate of drug-likeness (QED) is 0.417. The van der Waals surface area contributed by atoms with Crippen molar-refractivity contribution in [3.8, 4) is 0 Å². The van der Waals surface area contributed by atoms with Crippen molar-refractivity contribution in [2.75, 3.05) is 0 Å². The summed E-state index contributed by atoms with van der Waals surface area (Å²) in [5.41, 5.74) is 0. The van der Waals surface area contributed by atoms with Crippen LogP contribution >= 0.6 is 0 Å². The molecule has 0 heterocycles. The van der Waals surface area contributed by atoms with E-state index in [1.54, 1.807) is 12.8 Å². The van der Waals surface area contributed by atoms with Gasteiger partial charge in [0, 0.05) is 0 Å². The molecule has 0 heteroatoms. The third kappa shape index (κ3) is 0.160. The maximum absolute atomic E-state index is 2.38. The van der Waals surface area contributed by atoms with E-state index in [1.807, 2.05) is 0 Å². The molecule has 2 aliphatic carbocycles. The van der Waals surface area contributed by atoms with Gasteiger partial charge in [0.05, 0.1) is 0 Å². The summed E-state index contributed by atoms with van der Waals surface area (Å²) in [6.07, 6.45) is 3.09. The summed E-state index contributed by atoms with van der Waals surface area (Å²) in [5, 5.41) is 0. The van der Waals surface area contributed by atoms with Gasteiger partial charge in [-0.05, 0) is 30.6 Å². The summed E-state index contributed by atoms with van der Waals surface area (Å²) >= 11 is 0. The highest BCUT2D eigenvalue weighted by molar-refractivity contribution is 5.01. The van der Waals surface area contributed by atoms with E-state index in [1.165, 1.54) is 11.8 Å². The molecule has 0 radical (unpaired) electrons. The van der Waals surface area contributed by atoms with E-state index in [9.17, 15) is 0 Å². The van der Waals surface area contributed by atoms with Crippen molar-refractivity contribution in [2.24, 2.45) is 17.8 Å². The van der Waals surface area contributed by atoms with Crippen LogP contribution in [0.2, 0.25) is 0 Å². The van der Waals surface area contributed by atoms with Gasteiger partial charge in [0.25, 0.3) is 0 Å². The molecule has 0 aliphatic heterocycles. The molecule has 2 fully saturated rings. The molecule has 34 valence electrons. The highest BCUT2D eigenvalue weighted by Crippen LogP contribution is 2.60.